The van der Waals surface area contributed by atoms with Crippen molar-refractivity contribution in [3.05, 3.63) is 35.6 Å². The van der Waals surface area contributed by atoms with Crippen LogP contribution >= 0.6 is 11.6 Å². The molecule has 0 radical (unpaired) electrons. The summed E-state index contributed by atoms with van der Waals surface area (Å²) in [6.07, 6.45) is 1.61. The highest BCUT2D eigenvalue weighted by Gasteiger charge is 2.03. The molecule has 1 aromatic heterocycles. The lowest BCUT2D eigenvalue weighted by atomic mass is 10.1. The second-order valence-corrected chi connectivity index (χ2v) is 3.99. The van der Waals surface area contributed by atoms with E-state index >= 15 is 0 Å². The molecule has 19 heavy (non-hydrogen) atoms. The Morgan fingerprint density at radius 3 is 2.95 bits per heavy atom. The summed E-state index contributed by atoms with van der Waals surface area (Å²) in [7, 11) is 0. The van der Waals surface area contributed by atoms with E-state index < -0.39 is 0 Å². The SMILES string of the molecule is N#C/C(=N\Nc1ccc2c(Cl)nccc2c1)C(=N)N. The summed E-state index contributed by atoms with van der Waals surface area (Å²) in [5, 5.41) is 21.7. The molecule has 0 aliphatic rings. The number of hydrazone groups is 1. The van der Waals surface area contributed by atoms with Crippen LogP contribution in [0.4, 0.5) is 5.69 Å². The molecule has 94 valence electrons. The molecule has 1 aromatic carbocycles. The predicted octanol–water partition coefficient (Wildman–Crippen LogP) is 2.12. The van der Waals surface area contributed by atoms with Crippen molar-refractivity contribution in [3.63, 3.8) is 0 Å². The van der Waals surface area contributed by atoms with Crippen LogP contribution in [0.5, 0.6) is 0 Å². The number of halogens is 1. The number of nitriles is 1. The van der Waals surface area contributed by atoms with Crippen LogP contribution in [0.25, 0.3) is 10.8 Å². The van der Waals surface area contributed by atoms with Gasteiger partial charge in [0.15, 0.2) is 5.84 Å². The van der Waals surface area contributed by atoms with Crippen LogP contribution in [-0.2, 0) is 0 Å². The van der Waals surface area contributed by atoms with Gasteiger partial charge in [0.1, 0.15) is 11.2 Å². The van der Waals surface area contributed by atoms with Crippen molar-refractivity contribution < 1.29 is 0 Å². The molecule has 0 atom stereocenters. The zero-order valence-corrected chi connectivity index (χ0v) is 10.4. The Bertz CT molecular complexity index is 716. The minimum Gasteiger partial charge on any atom is -0.382 e. The fourth-order valence-corrected chi connectivity index (χ4v) is 1.70. The first-order valence-electron chi connectivity index (χ1n) is 5.24. The molecule has 0 saturated heterocycles. The summed E-state index contributed by atoms with van der Waals surface area (Å²) in [5.41, 5.74) is 8.34. The fraction of sp³-hybridized carbons (Fsp3) is 0. The zero-order chi connectivity index (χ0) is 13.8. The molecule has 0 unspecified atom stereocenters. The summed E-state index contributed by atoms with van der Waals surface area (Å²) in [4.78, 5) is 3.98. The Morgan fingerprint density at radius 2 is 2.26 bits per heavy atom. The van der Waals surface area contributed by atoms with Crippen molar-refractivity contribution in [1.29, 1.82) is 10.7 Å². The van der Waals surface area contributed by atoms with E-state index in [-0.39, 0.29) is 11.5 Å². The van der Waals surface area contributed by atoms with Gasteiger partial charge in [-0.05, 0) is 29.7 Å². The Hall–Kier alpha value is -2.65. The summed E-state index contributed by atoms with van der Waals surface area (Å²) in [5.74, 6) is -0.386. The molecule has 0 saturated carbocycles. The molecule has 0 fully saturated rings. The number of nitrogens with zero attached hydrogens (tertiary/aromatic N) is 3. The fourth-order valence-electron chi connectivity index (χ4n) is 1.48. The van der Waals surface area contributed by atoms with E-state index in [1.54, 1.807) is 24.4 Å². The van der Waals surface area contributed by atoms with Crippen molar-refractivity contribution in [3.8, 4) is 6.07 Å². The van der Waals surface area contributed by atoms with Gasteiger partial charge in [0.2, 0.25) is 5.71 Å². The van der Waals surface area contributed by atoms with Crippen LogP contribution in [-0.4, -0.2) is 16.5 Å². The number of nitrogens with one attached hydrogen (secondary N) is 2. The van der Waals surface area contributed by atoms with Crippen molar-refractivity contribution in [1.82, 2.24) is 4.98 Å². The number of fused-ring (bicyclic) bond motifs is 1. The average molecular weight is 273 g/mol. The van der Waals surface area contributed by atoms with Gasteiger partial charge in [0.05, 0.1) is 5.69 Å². The Labute approximate surface area is 114 Å². The van der Waals surface area contributed by atoms with Crippen molar-refractivity contribution in [2.75, 3.05) is 5.43 Å². The third-order valence-electron chi connectivity index (χ3n) is 2.37. The van der Waals surface area contributed by atoms with Crippen LogP contribution in [0, 0.1) is 16.7 Å². The first kappa shape index (κ1) is 12.8. The number of amidine groups is 1. The smallest absolute Gasteiger partial charge is 0.201 e. The van der Waals surface area contributed by atoms with E-state index in [9.17, 15) is 0 Å². The standard InChI is InChI=1S/C12H9ClN6/c13-11-9-2-1-8(5-7(9)3-4-17-11)18-19-10(6-14)12(15)16/h1-5,18H,(H3,15,16)/b19-10+. The van der Waals surface area contributed by atoms with Crippen LogP contribution in [0.15, 0.2) is 35.6 Å². The van der Waals surface area contributed by atoms with E-state index in [0.717, 1.165) is 10.8 Å². The molecule has 1 heterocycles. The maximum Gasteiger partial charge on any atom is 0.201 e. The van der Waals surface area contributed by atoms with E-state index in [1.807, 2.05) is 12.1 Å². The van der Waals surface area contributed by atoms with Gasteiger partial charge < -0.3 is 5.73 Å². The van der Waals surface area contributed by atoms with Gasteiger partial charge in [-0.25, -0.2) is 4.98 Å². The van der Waals surface area contributed by atoms with Crippen molar-refractivity contribution in [2.24, 2.45) is 10.8 Å². The molecule has 0 amide bonds. The molecule has 6 nitrogen and oxygen atoms in total. The average Bonchev–Trinajstić information content (AvgIpc) is 2.39. The monoisotopic (exact) mass is 272 g/mol. The number of benzene rings is 1. The van der Waals surface area contributed by atoms with Crippen LogP contribution in [0.3, 0.4) is 0 Å². The van der Waals surface area contributed by atoms with Gasteiger partial charge >= 0.3 is 0 Å². The number of anilines is 1. The predicted molar refractivity (Wildman–Crippen MR) is 75.3 cm³/mol. The molecule has 4 N–H and O–H groups in total. The molecule has 7 heteroatoms. The zero-order valence-electron chi connectivity index (χ0n) is 9.68. The Morgan fingerprint density at radius 1 is 1.47 bits per heavy atom. The quantitative estimate of drug-likeness (QED) is 0.344. The number of hydrogen-bond acceptors (Lipinski definition) is 5. The summed E-state index contributed by atoms with van der Waals surface area (Å²) < 4.78 is 0. The normalized spacial score (nSPS) is 11.1. The van der Waals surface area contributed by atoms with E-state index in [4.69, 9.17) is 28.0 Å². The highest BCUT2D eigenvalue weighted by molar-refractivity contribution is 6.45. The molecule has 0 aliphatic carbocycles. The second-order valence-electron chi connectivity index (χ2n) is 3.64. The first-order valence-corrected chi connectivity index (χ1v) is 5.62. The van der Waals surface area contributed by atoms with E-state index in [1.165, 1.54) is 0 Å². The lowest BCUT2D eigenvalue weighted by molar-refractivity contribution is 1.33. The van der Waals surface area contributed by atoms with Crippen molar-refractivity contribution in [2.45, 2.75) is 0 Å². The Kier molecular flexibility index (Phi) is 3.59. The maximum absolute atomic E-state index is 8.72. The summed E-state index contributed by atoms with van der Waals surface area (Å²) in [6.45, 7) is 0. The highest BCUT2D eigenvalue weighted by atomic mass is 35.5. The third kappa shape index (κ3) is 2.78. The third-order valence-corrected chi connectivity index (χ3v) is 2.67. The number of aromatic nitrogens is 1. The second kappa shape index (κ2) is 5.33. The molecule has 0 spiro atoms. The van der Waals surface area contributed by atoms with Gasteiger partial charge in [-0.15, -0.1) is 0 Å². The van der Waals surface area contributed by atoms with E-state index in [0.29, 0.717) is 10.8 Å². The van der Waals surface area contributed by atoms with Crippen LogP contribution < -0.4 is 11.2 Å². The number of pyridine rings is 1. The van der Waals surface area contributed by atoms with Gasteiger partial charge in [-0.2, -0.15) is 10.4 Å². The molecule has 0 aliphatic heterocycles. The van der Waals surface area contributed by atoms with Crippen LogP contribution in [0.1, 0.15) is 0 Å². The topological polar surface area (TPSA) is 111 Å². The lowest BCUT2D eigenvalue weighted by Gasteiger charge is -2.04. The number of hydrogen-bond donors (Lipinski definition) is 3. The summed E-state index contributed by atoms with van der Waals surface area (Å²) in [6, 6.07) is 8.88. The minimum atomic E-state index is -0.386. The molecular formula is C12H9ClN6. The summed E-state index contributed by atoms with van der Waals surface area (Å²) >= 11 is 5.95. The maximum atomic E-state index is 8.72. The van der Waals surface area contributed by atoms with E-state index in [2.05, 4.69) is 15.5 Å². The molecule has 2 rings (SSSR count). The minimum absolute atomic E-state index is 0.173. The van der Waals surface area contributed by atoms with Crippen molar-refractivity contribution >= 4 is 39.6 Å². The number of rotatable bonds is 3. The highest BCUT2D eigenvalue weighted by Crippen LogP contribution is 2.23. The lowest BCUT2D eigenvalue weighted by Crippen LogP contribution is -2.21. The largest absolute Gasteiger partial charge is 0.382 e. The molecular weight excluding hydrogens is 264 g/mol. The first-order chi connectivity index (χ1) is 9.11. The Balaban J connectivity index is 2.33. The van der Waals surface area contributed by atoms with Crippen LogP contribution in [0.2, 0.25) is 5.15 Å². The number of nitrogens with two attached hydrogens (primary N) is 1. The molecule has 0 bridgehead atoms. The van der Waals surface area contributed by atoms with Gasteiger partial charge in [-0.1, -0.05) is 11.6 Å². The molecule has 2 aromatic rings. The van der Waals surface area contributed by atoms with Gasteiger partial charge in [0, 0.05) is 11.6 Å². The van der Waals surface area contributed by atoms with Gasteiger partial charge in [0.25, 0.3) is 0 Å². The van der Waals surface area contributed by atoms with Gasteiger partial charge in [-0.3, -0.25) is 10.8 Å².